The second-order valence-electron chi connectivity index (χ2n) is 6.38. The van der Waals surface area contributed by atoms with Gasteiger partial charge < -0.3 is 5.11 Å². The van der Waals surface area contributed by atoms with Gasteiger partial charge in [-0.2, -0.15) is 0 Å². The van der Waals surface area contributed by atoms with E-state index in [2.05, 4.69) is 4.99 Å². The van der Waals surface area contributed by atoms with Gasteiger partial charge in [0.2, 0.25) is 0 Å². The zero-order valence-electron chi connectivity index (χ0n) is 10.9. The lowest BCUT2D eigenvalue weighted by atomic mass is 9.85. The molecule has 0 spiro atoms. The molecular formula is C16H18ClNO. The van der Waals surface area contributed by atoms with Crippen molar-refractivity contribution in [2.24, 2.45) is 16.8 Å². The van der Waals surface area contributed by atoms with Gasteiger partial charge in [-0.3, -0.25) is 4.99 Å². The molecule has 3 atom stereocenters. The van der Waals surface area contributed by atoms with E-state index in [-0.39, 0.29) is 0 Å². The molecule has 1 unspecified atom stereocenters. The lowest BCUT2D eigenvalue weighted by Crippen LogP contribution is -2.24. The maximum Gasteiger partial charge on any atom is 0.0906 e. The number of halogens is 1. The Bertz CT molecular complexity index is 554. The van der Waals surface area contributed by atoms with Crippen molar-refractivity contribution in [2.45, 2.75) is 44.2 Å². The summed E-state index contributed by atoms with van der Waals surface area (Å²) >= 11 is 6.22. The van der Waals surface area contributed by atoms with Gasteiger partial charge in [0.15, 0.2) is 0 Å². The molecule has 0 bridgehead atoms. The van der Waals surface area contributed by atoms with E-state index >= 15 is 0 Å². The molecule has 100 valence electrons. The molecule has 0 radical (unpaired) electrons. The Morgan fingerprint density at radius 2 is 1.95 bits per heavy atom. The number of aliphatic hydroxyl groups is 1. The highest BCUT2D eigenvalue weighted by molar-refractivity contribution is 6.31. The largest absolute Gasteiger partial charge is 0.385 e. The topological polar surface area (TPSA) is 32.6 Å². The molecule has 2 fully saturated rings. The van der Waals surface area contributed by atoms with Crippen LogP contribution in [0.4, 0.5) is 0 Å². The first-order chi connectivity index (χ1) is 9.16. The van der Waals surface area contributed by atoms with Gasteiger partial charge in [0, 0.05) is 11.2 Å². The van der Waals surface area contributed by atoms with Crippen LogP contribution >= 0.6 is 11.6 Å². The van der Waals surface area contributed by atoms with Gasteiger partial charge >= 0.3 is 0 Å². The summed E-state index contributed by atoms with van der Waals surface area (Å²) in [5.41, 5.74) is 2.65. The number of rotatable bonds is 1. The average Bonchev–Trinajstić information content (AvgIpc) is 3.01. The van der Waals surface area contributed by atoms with E-state index in [1.807, 2.05) is 18.3 Å². The molecule has 0 amide bonds. The number of nitrogens with zero attached hydrogens (tertiary/aromatic N) is 1. The molecule has 2 saturated carbocycles. The number of aliphatic imine (C=N–C) groups is 1. The van der Waals surface area contributed by atoms with Crippen molar-refractivity contribution in [3.8, 4) is 0 Å². The second-order valence-corrected chi connectivity index (χ2v) is 6.82. The molecule has 3 aliphatic rings. The Morgan fingerprint density at radius 3 is 2.68 bits per heavy atom. The normalized spacial score (nSPS) is 35.7. The van der Waals surface area contributed by atoms with E-state index in [4.69, 9.17) is 11.6 Å². The Balaban J connectivity index is 1.77. The van der Waals surface area contributed by atoms with Crippen LogP contribution in [0.15, 0.2) is 17.1 Å². The highest BCUT2D eigenvalue weighted by Gasteiger charge is 2.47. The van der Waals surface area contributed by atoms with E-state index in [0.717, 1.165) is 24.0 Å². The minimum Gasteiger partial charge on any atom is -0.385 e. The molecule has 1 heterocycles. The average molecular weight is 276 g/mol. The molecule has 3 heteroatoms. The molecule has 0 saturated heterocycles. The van der Waals surface area contributed by atoms with Crippen molar-refractivity contribution < 1.29 is 5.11 Å². The van der Waals surface area contributed by atoms with E-state index in [1.165, 1.54) is 24.8 Å². The third-order valence-electron chi connectivity index (χ3n) is 5.25. The summed E-state index contributed by atoms with van der Waals surface area (Å²) in [6.45, 7) is 0.694. The summed E-state index contributed by atoms with van der Waals surface area (Å²) in [5, 5.41) is 11.9. The fourth-order valence-electron chi connectivity index (χ4n) is 4.42. The molecule has 2 aliphatic carbocycles. The van der Waals surface area contributed by atoms with Crippen molar-refractivity contribution in [2.75, 3.05) is 0 Å². The summed E-state index contributed by atoms with van der Waals surface area (Å²) in [7, 11) is 0. The third kappa shape index (κ3) is 1.77. The number of hydrogen-bond donors (Lipinski definition) is 1. The van der Waals surface area contributed by atoms with Crippen molar-refractivity contribution in [1.29, 1.82) is 0 Å². The zero-order valence-corrected chi connectivity index (χ0v) is 11.7. The lowest BCUT2D eigenvalue weighted by Gasteiger charge is -2.27. The molecule has 1 aromatic carbocycles. The molecule has 0 aromatic heterocycles. The van der Waals surface area contributed by atoms with Crippen LogP contribution in [0.3, 0.4) is 0 Å². The van der Waals surface area contributed by atoms with Gasteiger partial charge in [-0.15, -0.1) is 0 Å². The van der Waals surface area contributed by atoms with Crippen LogP contribution in [0.5, 0.6) is 0 Å². The summed E-state index contributed by atoms with van der Waals surface area (Å²) in [5.74, 6) is 1.42. The predicted octanol–water partition coefficient (Wildman–Crippen LogP) is 3.67. The van der Waals surface area contributed by atoms with Gasteiger partial charge in [-0.05, 0) is 53.5 Å². The Hall–Kier alpha value is -0.860. The monoisotopic (exact) mass is 275 g/mol. The number of fused-ring (bicyclic) bond motifs is 2. The van der Waals surface area contributed by atoms with E-state index < -0.39 is 5.60 Å². The summed E-state index contributed by atoms with van der Waals surface area (Å²) < 4.78 is 0. The van der Waals surface area contributed by atoms with Crippen LogP contribution < -0.4 is 0 Å². The quantitative estimate of drug-likeness (QED) is 0.833. The van der Waals surface area contributed by atoms with Crippen molar-refractivity contribution in [1.82, 2.24) is 0 Å². The maximum absolute atomic E-state index is 11.1. The lowest BCUT2D eigenvalue weighted by molar-refractivity contribution is 0.0343. The first-order valence-electron chi connectivity index (χ1n) is 7.21. The van der Waals surface area contributed by atoms with Gasteiger partial charge in [0.1, 0.15) is 0 Å². The van der Waals surface area contributed by atoms with Crippen LogP contribution in [0.2, 0.25) is 5.02 Å². The summed E-state index contributed by atoms with van der Waals surface area (Å²) in [6.07, 6.45) is 7.60. The Morgan fingerprint density at radius 1 is 1.21 bits per heavy atom. The highest BCUT2D eigenvalue weighted by atomic mass is 35.5. The van der Waals surface area contributed by atoms with Crippen LogP contribution in [-0.4, -0.2) is 11.3 Å². The fourth-order valence-corrected chi connectivity index (χ4v) is 4.65. The van der Waals surface area contributed by atoms with E-state index in [1.54, 1.807) is 0 Å². The molecular weight excluding hydrogens is 258 g/mol. The predicted molar refractivity (Wildman–Crippen MR) is 76.7 cm³/mol. The maximum atomic E-state index is 11.1. The van der Waals surface area contributed by atoms with Gasteiger partial charge in [0.25, 0.3) is 0 Å². The minimum absolute atomic E-state index is 0.668. The molecule has 1 N–H and O–H groups in total. The molecule has 1 aromatic rings. The van der Waals surface area contributed by atoms with Crippen LogP contribution in [0.25, 0.3) is 0 Å². The molecule has 1 aliphatic heterocycles. The number of hydrogen-bond acceptors (Lipinski definition) is 2. The van der Waals surface area contributed by atoms with Crippen LogP contribution in [0, 0.1) is 11.8 Å². The van der Waals surface area contributed by atoms with Crippen molar-refractivity contribution in [3.63, 3.8) is 0 Å². The van der Waals surface area contributed by atoms with E-state index in [9.17, 15) is 5.11 Å². The Labute approximate surface area is 118 Å². The zero-order chi connectivity index (χ0) is 13.0. The molecule has 19 heavy (non-hydrogen) atoms. The van der Waals surface area contributed by atoms with E-state index in [0.29, 0.717) is 23.4 Å². The van der Waals surface area contributed by atoms with Crippen molar-refractivity contribution >= 4 is 17.8 Å². The fraction of sp³-hybridized carbons (Fsp3) is 0.562. The molecule has 4 rings (SSSR count). The molecule has 2 nitrogen and oxygen atoms in total. The first kappa shape index (κ1) is 11.9. The highest BCUT2D eigenvalue weighted by Crippen LogP contribution is 2.53. The smallest absolute Gasteiger partial charge is 0.0906 e. The van der Waals surface area contributed by atoms with Crippen LogP contribution in [0.1, 0.15) is 48.8 Å². The van der Waals surface area contributed by atoms with Crippen molar-refractivity contribution in [3.05, 3.63) is 33.8 Å². The van der Waals surface area contributed by atoms with Gasteiger partial charge in [0.05, 0.1) is 12.1 Å². The third-order valence-corrected chi connectivity index (χ3v) is 5.46. The summed E-state index contributed by atoms with van der Waals surface area (Å²) in [6, 6.07) is 3.92. The SMILES string of the molecule is OC1(c2cc(Cl)cc3c2CN=C3)C[C@H]2CCC[C@H]2C1. The minimum atomic E-state index is -0.668. The van der Waals surface area contributed by atoms with Gasteiger partial charge in [-0.1, -0.05) is 30.9 Å². The Kier molecular flexibility index (Phi) is 2.55. The van der Waals surface area contributed by atoms with Gasteiger partial charge in [-0.25, -0.2) is 0 Å². The second kappa shape index (κ2) is 4.07. The first-order valence-corrected chi connectivity index (χ1v) is 7.59. The number of benzene rings is 1. The standard InChI is InChI=1S/C16H18ClNO/c17-13-4-12-8-18-9-14(12)15(5-13)16(19)6-10-2-1-3-11(10)7-16/h4-5,8,10-11,19H,1-3,6-7,9H2/t10-,11+,16?. The summed E-state index contributed by atoms with van der Waals surface area (Å²) in [4.78, 5) is 4.33. The van der Waals surface area contributed by atoms with Crippen LogP contribution in [-0.2, 0) is 12.1 Å².